The van der Waals surface area contributed by atoms with Crippen molar-refractivity contribution in [2.45, 2.75) is 32.4 Å². The molecular formula is C17H21N3O2. The Balaban J connectivity index is 1.83. The average Bonchev–Trinajstić information content (AvgIpc) is 2.96. The molecule has 1 aromatic carbocycles. The van der Waals surface area contributed by atoms with Crippen molar-refractivity contribution in [3.63, 3.8) is 0 Å². The summed E-state index contributed by atoms with van der Waals surface area (Å²) < 4.78 is 7.06. The van der Waals surface area contributed by atoms with Gasteiger partial charge >= 0.3 is 0 Å². The smallest absolute Gasteiger partial charge is 0.272 e. The molecule has 2 heterocycles. The second kappa shape index (κ2) is 5.83. The molecule has 1 saturated heterocycles. The third kappa shape index (κ3) is 2.47. The van der Waals surface area contributed by atoms with Gasteiger partial charge in [0.25, 0.3) is 5.91 Å². The van der Waals surface area contributed by atoms with E-state index in [-0.39, 0.29) is 18.0 Å². The fourth-order valence-corrected chi connectivity index (χ4v) is 2.87. The van der Waals surface area contributed by atoms with Crippen LogP contribution in [0.25, 0.3) is 0 Å². The standard InChI is InChI=1S/C17H21N3O2/c1-12(2)20-16(7-9-18-20)17(21)19-10-8-15(19)13-5-4-6-14(11-13)22-3/h4-7,9,11-12,15H,8,10H2,1-3H3. The Bertz CT molecular complexity index is 678. The van der Waals surface area contributed by atoms with Gasteiger partial charge in [-0.15, -0.1) is 0 Å². The zero-order valence-corrected chi connectivity index (χ0v) is 13.2. The van der Waals surface area contributed by atoms with Crippen molar-refractivity contribution in [2.75, 3.05) is 13.7 Å². The molecule has 22 heavy (non-hydrogen) atoms. The molecule has 1 aliphatic heterocycles. The van der Waals surface area contributed by atoms with Crippen molar-refractivity contribution in [1.82, 2.24) is 14.7 Å². The van der Waals surface area contributed by atoms with Crippen LogP contribution in [-0.2, 0) is 0 Å². The minimum atomic E-state index is 0.0465. The van der Waals surface area contributed by atoms with Gasteiger partial charge in [-0.25, -0.2) is 0 Å². The van der Waals surface area contributed by atoms with Gasteiger partial charge < -0.3 is 9.64 Å². The Morgan fingerprint density at radius 3 is 2.82 bits per heavy atom. The van der Waals surface area contributed by atoms with E-state index in [2.05, 4.69) is 5.10 Å². The average molecular weight is 299 g/mol. The summed E-state index contributed by atoms with van der Waals surface area (Å²) in [6.07, 6.45) is 2.67. The molecule has 0 bridgehead atoms. The third-order valence-corrected chi connectivity index (χ3v) is 4.14. The van der Waals surface area contributed by atoms with Gasteiger partial charge in [-0.2, -0.15) is 5.10 Å². The fourth-order valence-electron chi connectivity index (χ4n) is 2.87. The Morgan fingerprint density at radius 2 is 2.18 bits per heavy atom. The molecule has 0 spiro atoms. The van der Waals surface area contributed by atoms with Crippen LogP contribution in [0, 0.1) is 0 Å². The van der Waals surface area contributed by atoms with E-state index in [1.807, 2.05) is 43.0 Å². The highest BCUT2D eigenvalue weighted by atomic mass is 16.5. The van der Waals surface area contributed by atoms with Crippen LogP contribution in [-0.4, -0.2) is 34.2 Å². The first-order chi connectivity index (χ1) is 10.6. The van der Waals surface area contributed by atoms with E-state index in [0.29, 0.717) is 5.69 Å². The third-order valence-electron chi connectivity index (χ3n) is 4.14. The van der Waals surface area contributed by atoms with Crippen molar-refractivity contribution in [3.05, 3.63) is 47.8 Å². The number of carbonyl (C=O) groups is 1. The summed E-state index contributed by atoms with van der Waals surface area (Å²) in [6, 6.07) is 10.0. The highest BCUT2D eigenvalue weighted by Gasteiger charge is 2.35. The maximum atomic E-state index is 12.8. The molecule has 1 atom stereocenters. The number of aromatic nitrogens is 2. The summed E-state index contributed by atoms with van der Waals surface area (Å²) in [5.41, 5.74) is 1.78. The van der Waals surface area contributed by atoms with E-state index in [4.69, 9.17) is 4.74 Å². The molecule has 1 aromatic heterocycles. The fraction of sp³-hybridized carbons (Fsp3) is 0.412. The summed E-state index contributed by atoms with van der Waals surface area (Å²) in [6.45, 7) is 4.84. The van der Waals surface area contributed by atoms with E-state index in [9.17, 15) is 4.79 Å². The Labute approximate surface area is 130 Å². The van der Waals surface area contributed by atoms with E-state index in [1.54, 1.807) is 24.1 Å². The minimum Gasteiger partial charge on any atom is -0.497 e. The number of benzene rings is 1. The normalized spacial score (nSPS) is 17.5. The second-order valence-electron chi connectivity index (χ2n) is 5.83. The quantitative estimate of drug-likeness (QED) is 0.871. The number of methoxy groups -OCH3 is 1. The van der Waals surface area contributed by atoms with Crippen molar-refractivity contribution >= 4 is 5.91 Å². The van der Waals surface area contributed by atoms with Gasteiger partial charge in [-0.1, -0.05) is 12.1 Å². The maximum absolute atomic E-state index is 12.8. The van der Waals surface area contributed by atoms with E-state index in [0.717, 1.165) is 24.3 Å². The number of rotatable bonds is 4. The highest BCUT2D eigenvalue weighted by Crippen LogP contribution is 2.35. The molecule has 116 valence electrons. The van der Waals surface area contributed by atoms with Crippen LogP contribution in [0.2, 0.25) is 0 Å². The largest absolute Gasteiger partial charge is 0.497 e. The number of carbonyl (C=O) groups excluding carboxylic acids is 1. The zero-order valence-electron chi connectivity index (χ0n) is 13.2. The lowest BCUT2D eigenvalue weighted by Gasteiger charge is -2.41. The van der Waals surface area contributed by atoms with Gasteiger partial charge in [0.1, 0.15) is 11.4 Å². The van der Waals surface area contributed by atoms with E-state index in [1.165, 1.54) is 0 Å². The number of nitrogens with zero attached hydrogens (tertiary/aromatic N) is 3. The molecule has 1 fully saturated rings. The number of likely N-dealkylation sites (tertiary alicyclic amines) is 1. The van der Waals surface area contributed by atoms with Crippen molar-refractivity contribution in [2.24, 2.45) is 0 Å². The molecule has 3 rings (SSSR count). The molecule has 1 amide bonds. The Morgan fingerprint density at radius 1 is 1.36 bits per heavy atom. The summed E-state index contributed by atoms with van der Waals surface area (Å²) >= 11 is 0. The molecule has 0 saturated carbocycles. The van der Waals surface area contributed by atoms with E-state index < -0.39 is 0 Å². The van der Waals surface area contributed by atoms with Gasteiger partial charge in [0, 0.05) is 18.8 Å². The van der Waals surface area contributed by atoms with Gasteiger partial charge in [0.05, 0.1) is 13.2 Å². The van der Waals surface area contributed by atoms with Crippen LogP contribution in [0.4, 0.5) is 0 Å². The minimum absolute atomic E-state index is 0.0465. The van der Waals surface area contributed by atoms with Gasteiger partial charge in [-0.3, -0.25) is 9.48 Å². The maximum Gasteiger partial charge on any atom is 0.272 e. The lowest BCUT2D eigenvalue weighted by molar-refractivity contribution is 0.0445. The van der Waals surface area contributed by atoms with Crippen LogP contribution in [0.5, 0.6) is 5.75 Å². The molecule has 1 aliphatic rings. The number of hydrogen-bond acceptors (Lipinski definition) is 3. The van der Waals surface area contributed by atoms with Gasteiger partial charge in [0.2, 0.25) is 0 Å². The Kier molecular flexibility index (Phi) is 3.88. The molecule has 2 aromatic rings. The predicted molar refractivity (Wildman–Crippen MR) is 84.0 cm³/mol. The SMILES string of the molecule is COc1cccc(C2CCN2C(=O)c2ccnn2C(C)C)c1. The van der Waals surface area contributed by atoms with Crippen molar-refractivity contribution in [1.29, 1.82) is 0 Å². The number of amides is 1. The van der Waals surface area contributed by atoms with Crippen LogP contribution in [0.1, 0.15) is 48.4 Å². The number of ether oxygens (including phenoxy) is 1. The van der Waals surface area contributed by atoms with Gasteiger partial charge in [0.15, 0.2) is 0 Å². The van der Waals surface area contributed by atoms with E-state index >= 15 is 0 Å². The van der Waals surface area contributed by atoms with Crippen LogP contribution < -0.4 is 4.74 Å². The summed E-state index contributed by atoms with van der Waals surface area (Å²) in [5, 5.41) is 4.25. The first-order valence-corrected chi connectivity index (χ1v) is 7.60. The monoisotopic (exact) mass is 299 g/mol. The molecule has 5 nitrogen and oxygen atoms in total. The molecule has 5 heteroatoms. The predicted octanol–water partition coefficient (Wildman–Crippen LogP) is 3.06. The molecular weight excluding hydrogens is 278 g/mol. The first-order valence-electron chi connectivity index (χ1n) is 7.60. The molecule has 0 aliphatic carbocycles. The molecule has 0 radical (unpaired) electrons. The molecule has 1 unspecified atom stereocenters. The lowest BCUT2D eigenvalue weighted by Crippen LogP contribution is -2.45. The number of hydrogen-bond donors (Lipinski definition) is 0. The van der Waals surface area contributed by atoms with Crippen molar-refractivity contribution in [3.8, 4) is 5.75 Å². The first kappa shape index (κ1) is 14.6. The van der Waals surface area contributed by atoms with Crippen LogP contribution in [0.15, 0.2) is 36.5 Å². The topological polar surface area (TPSA) is 47.4 Å². The van der Waals surface area contributed by atoms with Crippen LogP contribution in [0.3, 0.4) is 0 Å². The lowest BCUT2D eigenvalue weighted by atomic mass is 9.94. The summed E-state index contributed by atoms with van der Waals surface area (Å²) in [4.78, 5) is 14.7. The van der Waals surface area contributed by atoms with Crippen molar-refractivity contribution < 1.29 is 9.53 Å². The zero-order chi connectivity index (χ0) is 15.7. The Hall–Kier alpha value is -2.30. The summed E-state index contributed by atoms with van der Waals surface area (Å²) in [7, 11) is 1.66. The summed E-state index contributed by atoms with van der Waals surface area (Å²) in [5.74, 6) is 0.870. The highest BCUT2D eigenvalue weighted by molar-refractivity contribution is 5.93. The van der Waals surface area contributed by atoms with Crippen LogP contribution >= 0.6 is 0 Å². The van der Waals surface area contributed by atoms with Gasteiger partial charge in [-0.05, 0) is 44.0 Å². The molecule has 0 N–H and O–H groups in total. The second-order valence-corrected chi connectivity index (χ2v) is 5.83.